The molecule has 1 aliphatic rings. The van der Waals surface area contributed by atoms with Gasteiger partial charge < -0.3 is 15.5 Å². The third-order valence-corrected chi connectivity index (χ3v) is 5.08. The summed E-state index contributed by atoms with van der Waals surface area (Å²) in [7, 11) is 0. The van der Waals surface area contributed by atoms with Crippen LogP contribution >= 0.6 is 11.6 Å². The summed E-state index contributed by atoms with van der Waals surface area (Å²) in [5.74, 6) is 0.781. The molecule has 2 aromatic rings. The predicted octanol–water partition coefficient (Wildman–Crippen LogP) is 4.30. The van der Waals surface area contributed by atoms with Gasteiger partial charge in [-0.15, -0.1) is 0 Å². The van der Waals surface area contributed by atoms with E-state index in [0.29, 0.717) is 11.6 Å². The second-order valence-electron chi connectivity index (χ2n) is 6.99. The molecule has 26 heavy (non-hydrogen) atoms. The molecular weight excluding hydrogens is 346 g/mol. The van der Waals surface area contributed by atoms with Crippen LogP contribution < -0.4 is 15.5 Å². The highest BCUT2D eigenvalue weighted by Crippen LogP contribution is 2.24. The van der Waals surface area contributed by atoms with Gasteiger partial charge in [-0.25, -0.2) is 0 Å². The van der Waals surface area contributed by atoms with E-state index in [1.54, 1.807) is 0 Å². The molecule has 138 valence electrons. The van der Waals surface area contributed by atoms with Crippen molar-refractivity contribution in [3.63, 3.8) is 0 Å². The van der Waals surface area contributed by atoms with Crippen molar-refractivity contribution in [3.05, 3.63) is 59.1 Å². The summed E-state index contributed by atoms with van der Waals surface area (Å²) in [6.45, 7) is 5.45. The van der Waals surface area contributed by atoms with Crippen molar-refractivity contribution in [2.45, 2.75) is 26.3 Å². The number of amides is 1. The second-order valence-corrected chi connectivity index (χ2v) is 7.43. The van der Waals surface area contributed by atoms with Gasteiger partial charge in [0.1, 0.15) is 0 Å². The molecule has 0 atom stereocenters. The van der Waals surface area contributed by atoms with Crippen LogP contribution in [-0.2, 0) is 11.3 Å². The van der Waals surface area contributed by atoms with Gasteiger partial charge in [0.05, 0.1) is 6.54 Å². The van der Waals surface area contributed by atoms with Crippen molar-refractivity contribution in [1.82, 2.24) is 5.32 Å². The first-order chi connectivity index (χ1) is 12.6. The standard InChI is InChI=1S/C21H26ClN3O/c1-16-10-12-25(13-11-16)20-8-6-19(7-9-20)24-21(26)15-23-14-17-2-4-18(22)5-3-17/h2-9,16,23H,10-15H2,1H3,(H,24,26). The Morgan fingerprint density at radius 2 is 1.73 bits per heavy atom. The molecule has 0 unspecified atom stereocenters. The largest absolute Gasteiger partial charge is 0.372 e. The minimum Gasteiger partial charge on any atom is -0.372 e. The molecule has 0 bridgehead atoms. The van der Waals surface area contributed by atoms with Crippen LogP contribution in [0.25, 0.3) is 0 Å². The fourth-order valence-corrected chi connectivity index (χ4v) is 3.28. The lowest BCUT2D eigenvalue weighted by molar-refractivity contribution is -0.115. The number of rotatable bonds is 6. The van der Waals surface area contributed by atoms with Crippen LogP contribution in [0.4, 0.5) is 11.4 Å². The maximum atomic E-state index is 12.1. The zero-order valence-electron chi connectivity index (χ0n) is 15.2. The van der Waals surface area contributed by atoms with Gasteiger partial charge in [-0.1, -0.05) is 30.7 Å². The number of nitrogens with one attached hydrogen (secondary N) is 2. The zero-order valence-corrected chi connectivity index (χ0v) is 15.9. The molecule has 2 aromatic carbocycles. The third kappa shape index (κ3) is 5.48. The van der Waals surface area contributed by atoms with Gasteiger partial charge in [-0.05, 0) is 60.7 Å². The first kappa shape index (κ1) is 18.7. The van der Waals surface area contributed by atoms with E-state index < -0.39 is 0 Å². The average molecular weight is 372 g/mol. The summed E-state index contributed by atoms with van der Waals surface area (Å²) < 4.78 is 0. The molecule has 5 heteroatoms. The number of hydrogen-bond acceptors (Lipinski definition) is 3. The highest BCUT2D eigenvalue weighted by atomic mass is 35.5. The summed E-state index contributed by atoms with van der Waals surface area (Å²) in [5.41, 5.74) is 3.16. The first-order valence-corrected chi connectivity index (χ1v) is 9.58. The van der Waals surface area contributed by atoms with Gasteiger partial charge in [-0.3, -0.25) is 4.79 Å². The van der Waals surface area contributed by atoms with E-state index in [9.17, 15) is 4.79 Å². The highest BCUT2D eigenvalue weighted by Gasteiger charge is 2.15. The summed E-state index contributed by atoms with van der Waals surface area (Å²) in [5, 5.41) is 6.80. The monoisotopic (exact) mass is 371 g/mol. The Morgan fingerprint density at radius 3 is 2.38 bits per heavy atom. The van der Waals surface area contributed by atoms with Gasteiger partial charge >= 0.3 is 0 Å². The summed E-state index contributed by atoms with van der Waals surface area (Å²) in [4.78, 5) is 14.5. The van der Waals surface area contributed by atoms with E-state index in [4.69, 9.17) is 11.6 Å². The van der Waals surface area contributed by atoms with Crippen LogP contribution in [0, 0.1) is 5.92 Å². The van der Waals surface area contributed by atoms with Crippen molar-refractivity contribution in [1.29, 1.82) is 0 Å². The average Bonchev–Trinajstić information content (AvgIpc) is 2.65. The van der Waals surface area contributed by atoms with E-state index in [1.165, 1.54) is 18.5 Å². The van der Waals surface area contributed by atoms with Crippen LogP contribution in [-0.4, -0.2) is 25.5 Å². The quantitative estimate of drug-likeness (QED) is 0.795. The lowest BCUT2D eigenvalue weighted by atomic mass is 9.99. The Kier molecular flexibility index (Phi) is 6.53. The minimum atomic E-state index is -0.0430. The normalized spacial score (nSPS) is 15.1. The molecular formula is C21H26ClN3O. The van der Waals surface area contributed by atoms with Crippen molar-refractivity contribution in [2.24, 2.45) is 5.92 Å². The molecule has 0 saturated carbocycles. The predicted molar refractivity (Wildman–Crippen MR) is 109 cm³/mol. The van der Waals surface area contributed by atoms with Crippen molar-refractivity contribution < 1.29 is 4.79 Å². The number of carbonyl (C=O) groups excluding carboxylic acids is 1. The molecule has 2 N–H and O–H groups in total. The number of halogens is 1. The van der Waals surface area contributed by atoms with E-state index in [0.717, 1.165) is 30.3 Å². The van der Waals surface area contributed by atoms with Gasteiger partial charge in [0, 0.05) is 36.0 Å². The fraction of sp³-hybridized carbons (Fsp3) is 0.381. The SMILES string of the molecule is CC1CCN(c2ccc(NC(=O)CNCc3ccc(Cl)cc3)cc2)CC1. The van der Waals surface area contributed by atoms with Crippen LogP contribution in [0.5, 0.6) is 0 Å². The molecule has 3 rings (SSSR count). The van der Waals surface area contributed by atoms with E-state index in [2.05, 4.69) is 34.6 Å². The van der Waals surface area contributed by atoms with Crippen LogP contribution in [0.1, 0.15) is 25.3 Å². The van der Waals surface area contributed by atoms with Gasteiger partial charge in [-0.2, -0.15) is 0 Å². The fourth-order valence-electron chi connectivity index (χ4n) is 3.15. The molecule has 1 amide bonds. The lowest BCUT2D eigenvalue weighted by Gasteiger charge is -2.32. The van der Waals surface area contributed by atoms with E-state index in [-0.39, 0.29) is 12.5 Å². The zero-order chi connectivity index (χ0) is 18.4. The van der Waals surface area contributed by atoms with Crippen LogP contribution in [0.2, 0.25) is 5.02 Å². The molecule has 0 spiro atoms. The maximum absolute atomic E-state index is 12.1. The van der Waals surface area contributed by atoms with E-state index in [1.807, 2.05) is 36.4 Å². The number of carbonyl (C=O) groups is 1. The Balaban J connectivity index is 1.43. The molecule has 0 radical (unpaired) electrons. The molecule has 4 nitrogen and oxygen atoms in total. The number of piperidine rings is 1. The number of nitrogens with zero attached hydrogens (tertiary/aromatic N) is 1. The Morgan fingerprint density at radius 1 is 1.08 bits per heavy atom. The molecule has 0 aromatic heterocycles. The lowest BCUT2D eigenvalue weighted by Crippen LogP contribution is -2.32. The maximum Gasteiger partial charge on any atom is 0.238 e. The molecule has 1 aliphatic heterocycles. The molecule has 1 fully saturated rings. The van der Waals surface area contributed by atoms with E-state index >= 15 is 0 Å². The topological polar surface area (TPSA) is 44.4 Å². The summed E-state index contributed by atoms with van der Waals surface area (Å²) in [6.07, 6.45) is 2.50. The third-order valence-electron chi connectivity index (χ3n) is 4.83. The molecule has 1 saturated heterocycles. The Hall–Kier alpha value is -2.04. The molecule has 1 heterocycles. The van der Waals surface area contributed by atoms with Gasteiger partial charge in [0.25, 0.3) is 0 Å². The number of hydrogen-bond donors (Lipinski definition) is 2. The second kappa shape index (κ2) is 9.06. The van der Waals surface area contributed by atoms with Gasteiger partial charge in [0.15, 0.2) is 0 Å². The number of anilines is 2. The minimum absolute atomic E-state index is 0.0430. The molecule has 0 aliphatic carbocycles. The van der Waals surface area contributed by atoms with Crippen molar-refractivity contribution in [3.8, 4) is 0 Å². The summed E-state index contributed by atoms with van der Waals surface area (Å²) >= 11 is 5.87. The smallest absolute Gasteiger partial charge is 0.238 e. The highest BCUT2D eigenvalue weighted by molar-refractivity contribution is 6.30. The Labute approximate surface area is 160 Å². The van der Waals surface area contributed by atoms with Gasteiger partial charge in [0.2, 0.25) is 5.91 Å². The first-order valence-electron chi connectivity index (χ1n) is 9.20. The summed E-state index contributed by atoms with van der Waals surface area (Å²) in [6, 6.07) is 15.7. The van der Waals surface area contributed by atoms with Crippen molar-refractivity contribution in [2.75, 3.05) is 29.9 Å². The Bertz CT molecular complexity index is 707. The number of benzene rings is 2. The van der Waals surface area contributed by atoms with Crippen LogP contribution in [0.3, 0.4) is 0 Å². The van der Waals surface area contributed by atoms with Crippen molar-refractivity contribution >= 4 is 28.9 Å². The van der Waals surface area contributed by atoms with Crippen LogP contribution in [0.15, 0.2) is 48.5 Å².